The summed E-state index contributed by atoms with van der Waals surface area (Å²) in [6, 6.07) is 6.18. The van der Waals surface area contributed by atoms with Gasteiger partial charge in [-0.3, -0.25) is 28.9 Å². The fourth-order valence-corrected chi connectivity index (χ4v) is 5.61. The molecule has 1 aromatic carbocycles. The number of carboxylic acid groups (broad SMARTS) is 1. The van der Waals surface area contributed by atoms with Crippen molar-refractivity contribution in [1.29, 1.82) is 0 Å². The number of rotatable bonds is 13. The Morgan fingerprint density at radius 3 is 2.56 bits per heavy atom. The summed E-state index contributed by atoms with van der Waals surface area (Å²) in [5.74, 6) is -3.78. The predicted octanol–water partition coefficient (Wildman–Crippen LogP) is 1.55. The van der Waals surface area contributed by atoms with Crippen molar-refractivity contribution in [3.8, 4) is 0 Å². The Balaban J connectivity index is 1.80. The van der Waals surface area contributed by atoms with Gasteiger partial charge in [-0.2, -0.15) is 0 Å². The molecule has 1 unspecified atom stereocenters. The van der Waals surface area contributed by atoms with Crippen LogP contribution in [0.4, 0.5) is 5.69 Å². The Bertz CT molecular complexity index is 1050. The molecule has 1 fully saturated rings. The number of ether oxygens (including phenoxy) is 1. The van der Waals surface area contributed by atoms with Crippen molar-refractivity contribution in [2.75, 3.05) is 31.2 Å². The molecule has 1 aromatic rings. The van der Waals surface area contributed by atoms with E-state index >= 15 is 0 Å². The molecule has 1 heterocycles. The summed E-state index contributed by atoms with van der Waals surface area (Å²) in [5, 5.41) is 24.0. The van der Waals surface area contributed by atoms with Gasteiger partial charge in [-0.25, -0.2) is 0 Å². The van der Waals surface area contributed by atoms with Crippen LogP contribution in [-0.4, -0.2) is 72.2 Å². The number of benzene rings is 1. The number of aliphatic hydroxyl groups is 1. The Hall–Kier alpha value is -3.47. The van der Waals surface area contributed by atoms with Gasteiger partial charge in [0.15, 0.2) is 0 Å². The number of nitrogens with zero attached hydrogens (tertiary/aromatic N) is 1. The number of amides is 3. The number of aliphatic carboxylic acids is 1. The minimum absolute atomic E-state index is 0.0697. The maximum absolute atomic E-state index is 13.8. The number of hydrogen-bond donors (Lipinski definition) is 4. The molecule has 39 heavy (non-hydrogen) atoms. The average molecular weight is 546 g/mol. The lowest BCUT2D eigenvalue weighted by Crippen LogP contribution is -2.53. The standard InChI is InChI=1S/C28H39N3O8/c1-2-39-26(37)20(16-23(33)29-14-7-15-32)17-28(12-5-6-13-28)27(38)30-21-11-10-19-8-3-4-9-22(19)31(25(21)36)18-24(34)35/h3-4,8-9,20-21,32H,2,5-7,10-18H2,1H3,(H,29,33)(H,30,38)(H,34,35)/t20?,21-/m0/s1. The molecule has 11 nitrogen and oxygen atoms in total. The van der Waals surface area contributed by atoms with Crippen molar-refractivity contribution in [2.24, 2.45) is 11.3 Å². The highest BCUT2D eigenvalue weighted by atomic mass is 16.5. The van der Waals surface area contributed by atoms with E-state index in [0.717, 1.165) is 18.4 Å². The minimum Gasteiger partial charge on any atom is -0.480 e. The highest BCUT2D eigenvalue weighted by molar-refractivity contribution is 6.03. The van der Waals surface area contributed by atoms with Crippen LogP contribution in [0.3, 0.4) is 0 Å². The Kier molecular flexibility index (Phi) is 10.8. The number of carboxylic acids is 1. The fraction of sp³-hybridized carbons (Fsp3) is 0.607. The van der Waals surface area contributed by atoms with Crippen LogP contribution in [0.1, 0.15) is 63.9 Å². The zero-order valence-electron chi connectivity index (χ0n) is 22.4. The molecule has 0 bridgehead atoms. The molecule has 0 saturated heterocycles. The first kappa shape index (κ1) is 30.1. The third-order valence-electron chi connectivity index (χ3n) is 7.54. The molecule has 0 spiro atoms. The zero-order valence-corrected chi connectivity index (χ0v) is 22.4. The van der Waals surface area contributed by atoms with Gasteiger partial charge < -0.3 is 25.6 Å². The summed E-state index contributed by atoms with van der Waals surface area (Å²) in [6.07, 6.45) is 3.66. The fourth-order valence-electron chi connectivity index (χ4n) is 5.61. The van der Waals surface area contributed by atoms with E-state index in [2.05, 4.69) is 10.6 Å². The van der Waals surface area contributed by atoms with Gasteiger partial charge in [0.25, 0.3) is 0 Å². The van der Waals surface area contributed by atoms with Crippen LogP contribution in [0, 0.1) is 11.3 Å². The van der Waals surface area contributed by atoms with Crippen molar-refractivity contribution < 1.29 is 38.9 Å². The number of para-hydroxylation sites is 1. The van der Waals surface area contributed by atoms with E-state index < -0.39 is 41.8 Å². The van der Waals surface area contributed by atoms with E-state index in [1.54, 1.807) is 19.1 Å². The molecular formula is C28H39N3O8. The molecule has 1 saturated carbocycles. The van der Waals surface area contributed by atoms with Gasteiger partial charge in [0, 0.05) is 25.3 Å². The van der Waals surface area contributed by atoms with E-state index in [4.69, 9.17) is 9.84 Å². The average Bonchev–Trinajstić information content (AvgIpc) is 3.34. The van der Waals surface area contributed by atoms with Crippen molar-refractivity contribution in [2.45, 2.75) is 70.8 Å². The first-order valence-corrected chi connectivity index (χ1v) is 13.7. The van der Waals surface area contributed by atoms with Gasteiger partial charge in [0.2, 0.25) is 17.7 Å². The van der Waals surface area contributed by atoms with Crippen LogP contribution in [0.5, 0.6) is 0 Å². The Morgan fingerprint density at radius 2 is 1.90 bits per heavy atom. The Labute approximate surface area is 228 Å². The quantitative estimate of drug-likeness (QED) is 0.214. The van der Waals surface area contributed by atoms with E-state index in [1.165, 1.54) is 4.90 Å². The van der Waals surface area contributed by atoms with Gasteiger partial charge in [0.1, 0.15) is 12.6 Å². The Morgan fingerprint density at radius 1 is 1.18 bits per heavy atom. The van der Waals surface area contributed by atoms with Gasteiger partial charge >= 0.3 is 11.9 Å². The van der Waals surface area contributed by atoms with Gasteiger partial charge in [0.05, 0.1) is 17.9 Å². The van der Waals surface area contributed by atoms with Gasteiger partial charge in [-0.15, -0.1) is 0 Å². The monoisotopic (exact) mass is 545 g/mol. The molecule has 0 aromatic heterocycles. The lowest BCUT2D eigenvalue weighted by molar-refractivity contribution is -0.152. The van der Waals surface area contributed by atoms with Gasteiger partial charge in [-0.1, -0.05) is 31.0 Å². The molecule has 11 heteroatoms. The minimum atomic E-state index is -1.16. The van der Waals surface area contributed by atoms with Crippen LogP contribution >= 0.6 is 0 Å². The largest absolute Gasteiger partial charge is 0.480 e. The second kappa shape index (κ2) is 14.1. The molecular weight excluding hydrogens is 506 g/mol. The van der Waals surface area contributed by atoms with Crippen LogP contribution in [0.25, 0.3) is 0 Å². The maximum Gasteiger partial charge on any atom is 0.323 e. The van der Waals surface area contributed by atoms with E-state index in [1.807, 2.05) is 12.1 Å². The summed E-state index contributed by atoms with van der Waals surface area (Å²) < 4.78 is 5.23. The second-order valence-corrected chi connectivity index (χ2v) is 10.3. The highest BCUT2D eigenvalue weighted by Gasteiger charge is 2.46. The summed E-state index contributed by atoms with van der Waals surface area (Å²) in [7, 11) is 0. The number of carbonyl (C=O) groups excluding carboxylic acids is 4. The third-order valence-corrected chi connectivity index (χ3v) is 7.54. The normalized spacial score (nSPS) is 19.0. The summed E-state index contributed by atoms with van der Waals surface area (Å²) in [5.41, 5.74) is 0.390. The number of fused-ring (bicyclic) bond motifs is 1. The molecule has 1 aliphatic heterocycles. The first-order chi connectivity index (χ1) is 18.7. The molecule has 3 amide bonds. The number of anilines is 1. The van der Waals surface area contributed by atoms with Crippen LogP contribution < -0.4 is 15.5 Å². The predicted molar refractivity (Wildman–Crippen MR) is 142 cm³/mol. The molecule has 3 rings (SSSR count). The van der Waals surface area contributed by atoms with E-state index in [9.17, 15) is 29.1 Å². The smallest absolute Gasteiger partial charge is 0.323 e. The lowest BCUT2D eigenvalue weighted by atomic mass is 9.75. The van der Waals surface area contributed by atoms with E-state index in [-0.39, 0.29) is 44.4 Å². The van der Waals surface area contributed by atoms with Crippen LogP contribution in [-0.2, 0) is 35.1 Å². The summed E-state index contributed by atoms with van der Waals surface area (Å²) >= 11 is 0. The summed E-state index contributed by atoms with van der Waals surface area (Å²) in [4.78, 5) is 65.4. The molecule has 2 aliphatic rings. The number of esters is 1. The molecule has 4 N–H and O–H groups in total. The zero-order chi connectivity index (χ0) is 28.4. The molecule has 2 atom stereocenters. The topological polar surface area (TPSA) is 162 Å². The van der Waals surface area contributed by atoms with Gasteiger partial charge in [-0.05, 0) is 57.1 Å². The van der Waals surface area contributed by atoms with Crippen LogP contribution in [0.2, 0.25) is 0 Å². The molecule has 0 radical (unpaired) electrons. The van der Waals surface area contributed by atoms with Crippen molar-refractivity contribution >= 4 is 35.3 Å². The second-order valence-electron chi connectivity index (χ2n) is 10.3. The summed E-state index contributed by atoms with van der Waals surface area (Å²) in [6.45, 7) is 1.49. The highest BCUT2D eigenvalue weighted by Crippen LogP contribution is 2.44. The molecule has 214 valence electrons. The maximum atomic E-state index is 13.8. The van der Waals surface area contributed by atoms with Crippen molar-refractivity contribution in [3.05, 3.63) is 29.8 Å². The number of aryl methyl sites for hydroxylation is 1. The first-order valence-electron chi connectivity index (χ1n) is 13.7. The lowest BCUT2D eigenvalue weighted by Gasteiger charge is -2.33. The number of nitrogens with one attached hydrogen (secondary N) is 2. The van der Waals surface area contributed by atoms with E-state index in [0.29, 0.717) is 37.8 Å². The molecule has 1 aliphatic carbocycles. The number of aliphatic hydroxyl groups excluding tert-OH is 1. The van der Waals surface area contributed by atoms with Crippen molar-refractivity contribution in [3.63, 3.8) is 0 Å². The van der Waals surface area contributed by atoms with Crippen LogP contribution in [0.15, 0.2) is 24.3 Å². The number of hydrogen-bond acceptors (Lipinski definition) is 7. The van der Waals surface area contributed by atoms with Crippen molar-refractivity contribution in [1.82, 2.24) is 10.6 Å². The number of carbonyl (C=O) groups is 5. The SMILES string of the molecule is CCOC(=O)C(CC(=O)NCCCO)CC1(C(=O)N[C@H]2CCc3ccccc3N(CC(=O)O)C2=O)CCCC1. The third kappa shape index (κ3) is 7.78.